The van der Waals surface area contributed by atoms with Gasteiger partial charge in [0, 0.05) is 23.9 Å². The lowest BCUT2D eigenvalue weighted by Crippen LogP contribution is -2.27. The summed E-state index contributed by atoms with van der Waals surface area (Å²) in [4.78, 5) is 24.1. The molecule has 0 heterocycles. The van der Waals surface area contributed by atoms with E-state index in [4.69, 9.17) is 0 Å². The Kier molecular flexibility index (Phi) is 4.74. The quantitative estimate of drug-likeness (QED) is 0.873. The van der Waals surface area contributed by atoms with Crippen LogP contribution in [0.25, 0.3) is 0 Å². The first-order valence-corrected chi connectivity index (χ1v) is 7.72. The van der Waals surface area contributed by atoms with Crippen LogP contribution in [0.4, 0.5) is 18.9 Å². The van der Waals surface area contributed by atoms with Crippen LogP contribution in [0.15, 0.2) is 42.5 Å². The van der Waals surface area contributed by atoms with Crippen molar-refractivity contribution in [1.82, 2.24) is 5.32 Å². The van der Waals surface area contributed by atoms with E-state index < -0.39 is 35.2 Å². The van der Waals surface area contributed by atoms with Crippen LogP contribution in [-0.4, -0.2) is 11.8 Å². The van der Waals surface area contributed by atoms with Gasteiger partial charge >= 0.3 is 0 Å². The maximum Gasteiger partial charge on any atom is 0.228 e. The largest absolute Gasteiger partial charge is 0.352 e. The number of amides is 2. The highest BCUT2D eigenvalue weighted by atomic mass is 19.2. The molecule has 0 aromatic heterocycles. The predicted octanol–water partition coefficient (Wildman–Crippen LogP) is 2.99. The summed E-state index contributed by atoms with van der Waals surface area (Å²) in [6.45, 7) is 0.0412. The number of benzene rings is 2. The lowest BCUT2D eigenvalue weighted by Gasteiger charge is -2.07. The summed E-state index contributed by atoms with van der Waals surface area (Å²) in [5.41, 5.74) is 0.487. The molecule has 0 spiro atoms. The number of hydrogen-bond donors (Lipinski definition) is 2. The van der Waals surface area contributed by atoms with Crippen LogP contribution in [0.1, 0.15) is 12.0 Å². The van der Waals surface area contributed by atoms with E-state index in [-0.39, 0.29) is 18.1 Å². The third kappa shape index (κ3) is 3.99. The second kappa shape index (κ2) is 6.96. The Morgan fingerprint density at radius 1 is 0.920 bits per heavy atom. The number of nitrogens with one attached hydrogen (secondary N) is 2. The summed E-state index contributed by atoms with van der Waals surface area (Å²) >= 11 is 0. The summed E-state index contributed by atoms with van der Waals surface area (Å²) in [6, 6.07) is 9.12. The molecule has 2 unspecified atom stereocenters. The summed E-state index contributed by atoms with van der Waals surface area (Å²) < 4.78 is 39.5. The number of hydrogen-bond acceptors (Lipinski definition) is 2. The Morgan fingerprint density at radius 2 is 1.64 bits per heavy atom. The van der Waals surface area contributed by atoms with Gasteiger partial charge in [-0.15, -0.1) is 0 Å². The molecular weight excluding hydrogens is 333 g/mol. The zero-order chi connectivity index (χ0) is 18.0. The Bertz CT molecular complexity index is 826. The fraction of sp³-hybridized carbons (Fsp3) is 0.222. The molecule has 7 heteroatoms. The van der Waals surface area contributed by atoms with Crippen molar-refractivity contribution < 1.29 is 22.8 Å². The molecule has 1 aliphatic carbocycles. The molecule has 4 nitrogen and oxygen atoms in total. The highest BCUT2D eigenvalue weighted by Crippen LogP contribution is 2.39. The van der Waals surface area contributed by atoms with Gasteiger partial charge in [-0.3, -0.25) is 9.59 Å². The maximum absolute atomic E-state index is 13.5. The van der Waals surface area contributed by atoms with Gasteiger partial charge < -0.3 is 10.6 Å². The van der Waals surface area contributed by atoms with Crippen LogP contribution in [0.5, 0.6) is 0 Å². The summed E-state index contributed by atoms with van der Waals surface area (Å²) in [7, 11) is 0. The van der Waals surface area contributed by atoms with Gasteiger partial charge in [0.05, 0.1) is 11.8 Å². The number of carbonyl (C=O) groups excluding carboxylic acids is 2. The molecule has 0 aliphatic heterocycles. The van der Waals surface area contributed by atoms with Crippen LogP contribution in [0.3, 0.4) is 0 Å². The minimum atomic E-state index is -1.06. The van der Waals surface area contributed by atoms with Crippen molar-refractivity contribution in [3.8, 4) is 0 Å². The van der Waals surface area contributed by atoms with E-state index in [9.17, 15) is 22.8 Å². The zero-order valence-corrected chi connectivity index (χ0v) is 13.1. The van der Waals surface area contributed by atoms with Crippen molar-refractivity contribution in [3.05, 3.63) is 65.5 Å². The van der Waals surface area contributed by atoms with E-state index in [1.807, 2.05) is 0 Å². The van der Waals surface area contributed by atoms with E-state index >= 15 is 0 Å². The molecule has 0 saturated heterocycles. The van der Waals surface area contributed by atoms with Crippen molar-refractivity contribution in [1.29, 1.82) is 0 Å². The Labute approximate surface area is 142 Å². The maximum atomic E-state index is 13.5. The molecule has 1 aliphatic rings. The molecule has 0 bridgehead atoms. The summed E-state index contributed by atoms with van der Waals surface area (Å²) in [5.74, 6) is -4.29. The molecule has 2 N–H and O–H groups in total. The lowest BCUT2D eigenvalue weighted by atomic mass is 10.2. The molecule has 0 radical (unpaired) electrons. The van der Waals surface area contributed by atoms with E-state index in [0.29, 0.717) is 12.0 Å². The average molecular weight is 348 g/mol. The standard InChI is InChI=1S/C18H15F3N2O2/c19-14-4-2-1-3-10(14)9-22-17(24)12-8-13(12)18(25)23-11-5-6-15(20)16(21)7-11/h1-7,12-13H,8-9H2,(H,22,24)(H,23,25). The van der Waals surface area contributed by atoms with Crippen molar-refractivity contribution in [2.45, 2.75) is 13.0 Å². The number of carbonyl (C=O) groups is 2. The van der Waals surface area contributed by atoms with Gasteiger partial charge in [0.25, 0.3) is 0 Å². The minimum Gasteiger partial charge on any atom is -0.352 e. The first-order valence-electron chi connectivity index (χ1n) is 7.72. The Morgan fingerprint density at radius 3 is 2.36 bits per heavy atom. The van der Waals surface area contributed by atoms with Crippen molar-refractivity contribution >= 4 is 17.5 Å². The SMILES string of the molecule is O=C(NCc1ccccc1F)C1CC1C(=O)Nc1ccc(F)c(F)c1. The first-order chi connectivity index (χ1) is 12.0. The van der Waals surface area contributed by atoms with Gasteiger partial charge in [0.1, 0.15) is 5.82 Å². The van der Waals surface area contributed by atoms with Gasteiger partial charge in [0.2, 0.25) is 11.8 Å². The molecule has 25 heavy (non-hydrogen) atoms. The molecule has 2 amide bonds. The smallest absolute Gasteiger partial charge is 0.228 e. The highest BCUT2D eigenvalue weighted by Gasteiger charge is 2.47. The first kappa shape index (κ1) is 17.0. The second-order valence-electron chi connectivity index (χ2n) is 5.88. The van der Waals surface area contributed by atoms with Crippen molar-refractivity contribution in [2.24, 2.45) is 11.8 Å². The number of halogens is 3. The number of anilines is 1. The van der Waals surface area contributed by atoms with Crippen LogP contribution in [0, 0.1) is 29.3 Å². The molecular formula is C18H15F3N2O2. The Hall–Kier alpha value is -2.83. The van der Waals surface area contributed by atoms with Gasteiger partial charge in [0.15, 0.2) is 11.6 Å². The van der Waals surface area contributed by atoms with Gasteiger partial charge in [-0.25, -0.2) is 13.2 Å². The third-order valence-corrected chi connectivity index (χ3v) is 4.06. The summed E-state index contributed by atoms with van der Waals surface area (Å²) in [6.07, 6.45) is 0.360. The van der Waals surface area contributed by atoms with Crippen molar-refractivity contribution in [2.75, 3.05) is 5.32 Å². The lowest BCUT2D eigenvalue weighted by molar-refractivity contribution is -0.125. The zero-order valence-electron chi connectivity index (χ0n) is 13.1. The molecule has 1 saturated carbocycles. The predicted molar refractivity (Wildman–Crippen MR) is 84.8 cm³/mol. The highest BCUT2D eigenvalue weighted by molar-refractivity contribution is 5.99. The van der Waals surface area contributed by atoms with E-state index in [1.165, 1.54) is 12.1 Å². The molecule has 2 aromatic rings. The van der Waals surface area contributed by atoms with Crippen LogP contribution < -0.4 is 10.6 Å². The van der Waals surface area contributed by atoms with E-state index in [1.54, 1.807) is 18.2 Å². The topological polar surface area (TPSA) is 58.2 Å². The van der Waals surface area contributed by atoms with Crippen LogP contribution >= 0.6 is 0 Å². The average Bonchev–Trinajstić information content (AvgIpc) is 3.38. The van der Waals surface area contributed by atoms with Gasteiger partial charge in [-0.1, -0.05) is 18.2 Å². The molecule has 2 atom stereocenters. The van der Waals surface area contributed by atoms with Crippen LogP contribution in [0.2, 0.25) is 0 Å². The van der Waals surface area contributed by atoms with Crippen molar-refractivity contribution in [3.63, 3.8) is 0 Å². The van der Waals surface area contributed by atoms with E-state index in [2.05, 4.69) is 10.6 Å². The third-order valence-electron chi connectivity index (χ3n) is 4.06. The van der Waals surface area contributed by atoms with Gasteiger partial charge in [-0.05, 0) is 24.6 Å². The normalized spacial score (nSPS) is 18.5. The number of rotatable bonds is 5. The second-order valence-corrected chi connectivity index (χ2v) is 5.88. The minimum absolute atomic E-state index is 0.0412. The van der Waals surface area contributed by atoms with Crippen LogP contribution in [-0.2, 0) is 16.1 Å². The fourth-order valence-corrected chi connectivity index (χ4v) is 2.54. The van der Waals surface area contributed by atoms with Gasteiger partial charge in [-0.2, -0.15) is 0 Å². The monoisotopic (exact) mass is 348 g/mol. The molecule has 130 valence electrons. The molecule has 1 fully saturated rings. The molecule has 2 aromatic carbocycles. The summed E-state index contributed by atoms with van der Waals surface area (Å²) in [5, 5.41) is 5.05. The Balaban J connectivity index is 1.51. The molecule has 3 rings (SSSR count). The fourth-order valence-electron chi connectivity index (χ4n) is 2.54. The van der Waals surface area contributed by atoms with E-state index in [0.717, 1.165) is 12.1 Å².